The van der Waals surface area contributed by atoms with Gasteiger partial charge in [0.1, 0.15) is 6.10 Å². The Balaban J connectivity index is 2.27. The molecule has 0 aliphatic carbocycles. The zero-order valence-electron chi connectivity index (χ0n) is 9.79. The highest BCUT2D eigenvalue weighted by atomic mass is 16.6. The van der Waals surface area contributed by atoms with E-state index < -0.39 is 0 Å². The Morgan fingerprint density at radius 1 is 1.40 bits per heavy atom. The molecule has 2 atom stereocenters. The quantitative estimate of drug-likeness (QED) is 0.713. The fourth-order valence-electron chi connectivity index (χ4n) is 1.91. The van der Waals surface area contributed by atoms with Crippen LogP contribution in [0.3, 0.4) is 0 Å². The molecule has 2 unspecified atom stereocenters. The summed E-state index contributed by atoms with van der Waals surface area (Å²) in [7, 11) is 1.83. The zero-order chi connectivity index (χ0) is 11.3. The Labute approximate surface area is 91.3 Å². The Morgan fingerprint density at radius 2 is 2.00 bits per heavy atom. The molecular formula is C11H21NO3. The van der Waals surface area contributed by atoms with Crippen LogP contribution in [0.15, 0.2) is 0 Å². The van der Waals surface area contributed by atoms with Crippen LogP contribution in [0.1, 0.15) is 33.1 Å². The maximum Gasteiger partial charge on any atom is 0.307 e. The third-order valence-corrected chi connectivity index (χ3v) is 2.53. The van der Waals surface area contributed by atoms with E-state index in [1.54, 1.807) is 0 Å². The van der Waals surface area contributed by atoms with E-state index in [4.69, 9.17) is 9.47 Å². The minimum Gasteiger partial charge on any atom is -0.462 e. The van der Waals surface area contributed by atoms with Crippen LogP contribution in [0.2, 0.25) is 0 Å². The maximum absolute atomic E-state index is 11.4. The molecule has 15 heavy (non-hydrogen) atoms. The fraction of sp³-hybridized carbons (Fsp3) is 0.909. The molecule has 1 rings (SSSR count). The lowest BCUT2D eigenvalue weighted by atomic mass is 10.0. The van der Waals surface area contributed by atoms with Gasteiger partial charge in [-0.05, 0) is 20.9 Å². The summed E-state index contributed by atoms with van der Waals surface area (Å²) in [6.07, 6.45) is 2.49. The molecule has 1 aliphatic heterocycles. The number of carbonyl (C=O) groups is 1. The molecular weight excluding hydrogens is 194 g/mol. The topological polar surface area (TPSA) is 47.6 Å². The molecule has 4 heteroatoms. The molecule has 0 aromatic rings. The van der Waals surface area contributed by atoms with E-state index in [1.807, 2.05) is 20.9 Å². The molecule has 1 aliphatic rings. The van der Waals surface area contributed by atoms with Crippen LogP contribution >= 0.6 is 0 Å². The first-order valence-corrected chi connectivity index (χ1v) is 5.61. The van der Waals surface area contributed by atoms with Gasteiger partial charge < -0.3 is 14.8 Å². The van der Waals surface area contributed by atoms with E-state index >= 15 is 0 Å². The molecule has 1 fully saturated rings. The fourth-order valence-corrected chi connectivity index (χ4v) is 1.91. The largest absolute Gasteiger partial charge is 0.462 e. The molecule has 1 heterocycles. The summed E-state index contributed by atoms with van der Waals surface area (Å²) in [4.78, 5) is 11.4. The second kappa shape index (κ2) is 6.08. The summed E-state index contributed by atoms with van der Waals surface area (Å²) >= 11 is 0. The summed E-state index contributed by atoms with van der Waals surface area (Å²) in [5, 5.41) is 2.93. The number of esters is 1. The lowest BCUT2D eigenvalue weighted by Gasteiger charge is -2.31. The first-order valence-electron chi connectivity index (χ1n) is 5.61. The minimum atomic E-state index is -0.115. The second-order valence-corrected chi connectivity index (χ2v) is 4.19. The van der Waals surface area contributed by atoms with Gasteiger partial charge in [0.05, 0.1) is 18.6 Å². The number of nitrogens with one attached hydrogen (secondary N) is 1. The molecule has 4 nitrogen and oxygen atoms in total. The van der Waals surface area contributed by atoms with Crippen molar-refractivity contribution in [3.05, 3.63) is 0 Å². The van der Waals surface area contributed by atoms with Gasteiger partial charge in [0, 0.05) is 19.4 Å². The van der Waals surface area contributed by atoms with Gasteiger partial charge in [-0.3, -0.25) is 4.79 Å². The molecule has 0 saturated carbocycles. The second-order valence-electron chi connectivity index (χ2n) is 4.19. The molecule has 0 aromatic heterocycles. The molecule has 1 saturated heterocycles. The summed E-state index contributed by atoms with van der Waals surface area (Å²) in [6, 6.07) is 0. The van der Waals surface area contributed by atoms with Crippen molar-refractivity contribution < 1.29 is 14.3 Å². The van der Waals surface area contributed by atoms with Gasteiger partial charge in [0.2, 0.25) is 0 Å². The SMILES string of the molecule is CNCCC(=O)OC1CC(C)OC(C)C1. The first-order chi connectivity index (χ1) is 7.11. The third-order valence-electron chi connectivity index (χ3n) is 2.53. The smallest absolute Gasteiger partial charge is 0.307 e. The van der Waals surface area contributed by atoms with Crippen molar-refractivity contribution in [1.29, 1.82) is 0 Å². The Kier molecular flexibility index (Phi) is 5.05. The van der Waals surface area contributed by atoms with Crippen molar-refractivity contribution in [3.63, 3.8) is 0 Å². The van der Waals surface area contributed by atoms with Crippen LogP contribution < -0.4 is 5.32 Å². The van der Waals surface area contributed by atoms with E-state index in [9.17, 15) is 4.79 Å². The van der Waals surface area contributed by atoms with Gasteiger partial charge in [0.15, 0.2) is 0 Å². The highest BCUT2D eigenvalue weighted by Crippen LogP contribution is 2.21. The van der Waals surface area contributed by atoms with Gasteiger partial charge in [-0.2, -0.15) is 0 Å². The van der Waals surface area contributed by atoms with Crippen molar-refractivity contribution in [2.24, 2.45) is 0 Å². The van der Waals surface area contributed by atoms with E-state index in [0.717, 1.165) is 12.8 Å². The van der Waals surface area contributed by atoms with Crippen LogP contribution in [0.5, 0.6) is 0 Å². The van der Waals surface area contributed by atoms with Crippen molar-refractivity contribution >= 4 is 5.97 Å². The number of rotatable bonds is 4. The molecule has 0 radical (unpaired) electrons. The number of ether oxygens (including phenoxy) is 2. The van der Waals surface area contributed by atoms with E-state index in [0.29, 0.717) is 13.0 Å². The first kappa shape index (κ1) is 12.5. The standard InChI is InChI=1S/C11H21NO3/c1-8-6-10(7-9(2)14-8)15-11(13)4-5-12-3/h8-10,12H,4-7H2,1-3H3. The molecule has 1 N–H and O–H groups in total. The normalized spacial score (nSPS) is 31.3. The zero-order valence-corrected chi connectivity index (χ0v) is 9.79. The van der Waals surface area contributed by atoms with Crippen molar-refractivity contribution in [2.75, 3.05) is 13.6 Å². The predicted octanol–water partition coefficient (Wildman–Crippen LogP) is 1.10. The van der Waals surface area contributed by atoms with E-state index in [2.05, 4.69) is 5.32 Å². The van der Waals surface area contributed by atoms with Crippen LogP contribution in [0.25, 0.3) is 0 Å². The highest BCUT2D eigenvalue weighted by Gasteiger charge is 2.26. The van der Waals surface area contributed by atoms with Crippen molar-refractivity contribution in [1.82, 2.24) is 5.32 Å². The van der Waals surface area contributed by atoms with Gasteiger partial charge in [-0.1, -0.05) is 0 Å². The van der Waals surface area contributed by atoms with Crippen LogP contribution in [-0.2, 0) is 14.3 Å². The van der Waals surface area contributed by atoms with E-state index in [1.165, 1.54) is 0 Å². The molecule has 0 aromatic carbocycles. The monoisotopic (exact) mass is 215 g/mol. The van der Waals surface area contributed by atoms with Gasteiger partial charge >= 0.3 is 5.97 Å². The van der Waals surface area contributed by atoms with E-state index in [-0.39, 0.29) is 24.3 Å². The van der Waals surface area contributed by atoms with Crippen molar-refractivity contribution in [3.8, 4) is 0 Å². The Morgan fingerprint density at radius 3 is 2.53 bits per heavy atom. The molecule has 0 spiro atoms. The van der Waals surface area contributed by atoms with Crippen LogP contribution in [0.4, 0.5) is 0 Å². The van der Waals surface area contributed by atoms with Crippen LogP contribution in [-0.4, -0.2) is 37.9 Å². The molecule has 88 valence electrons. The Hall–Kier alpha value is -0.610. The number of hydrogen-bond acceptors (Lipinski definition) is 4. The summed E-state index contributed by atoms with van der Waals surface area (Å²) in [5.74, 6) is -0.115. The summed E-state index contributed by atoms with van der Waals surface area (Å²) in [5.41, 5.74) is 0. The van der Waals surface area contributed by atoms with Gasteiger partial charge in [-0.15, -0.1) is 0 Å². The predicted molar refractivity (Wildman–Crippen MR) is 57.7 cm³/mol. The highest BCUT2D eigenvalue weighted by molar-refractivity contribution is 5.69. The average Bonchev–Trinajstić information content (AvgIpc) is 2.13. The van der Waals surface area contributed by atoms with Gasteiger partial charge in [-0.25, -0.2) is 0 Å². The Bertz CT molecular complexity index is 198. The third kappa shape index (κ3) is 4.62. The maximum atomic E-state index is 11.4. The van der Waals surface area contributed by atoms with Crippen LogP contribution in [0, 0.1) is 0 Å². The summed E-state index contributed by atoms with van der Waals surface area (Å²) < 4.78 is 11.0. The van der Waals surface area contributed by atoms with Crippen molar-refractivity contribution in [2.45, 2.75) is 51.4 Å². The summed E-state index contributed by atoms with van der Waals surface area (Å²) in [6.45, 7) is 4.71. The number of hydrogen-bond donors (Lipinski definition) is 1. The minimum absolute atomic E-state index is 0.0353. The van der Waals surface area contributed by atoms with Gasteiger partial charge in [0.25, 0.3) is 0 Å². The average molecular weight is 215 g/mol. The molecule has 0 amide bonds. The lowest BCUT2D eigenvalue weighted by Crippen LogP contribution is -2.35. The number of carbonyl (C=O) groups excluding carboxylic acids is 1. The lowest BCUT2D eigenvalue weighted by molar-refractivity contribution is -0.159. The molecule has 0 bridgehead atoms.